The molecule has 2 atom stereocenters. The highest BCUT2D eigenvalue weighted by molar-refractivity contribution is 7.84. The van der Waals surface area contributed by atoms with E-state index in [-0.39, 0.29) is 17.0 Å². The Morgan fingerprint density at radius 2 is 1.89 bits per heavy atom. The highest BCUT2D eigenvalue weighted by Gasteiger charge is 2.23. The average Bonchev–Trinajstić information content (AvgIpc) is 2.30. The molecule has 0 aromatic heterocycles. The zero-order valence-corrected chi connectivity index (χ0v) is 13.0. The maximum Gasteiger partial charge on any atom is 0.128 e. The van der Waals surface area contributed by atoms with Gasteiger partial charge >= 0.3 is 0 Å². The number of hydrogen-bond donors (Lipinski definition) is 1. The van der Waals surface area contributed by atoms with E-state index >= 15 is 0 Å². The largest absolute Gasteiger partial charge is 0.242 e. The lowest BCUT2D eigenvalue weighted by molar-refractivity contribution is 0.551. The van der Waals surface area contributed by atoms with Crippen molar-refractivity contribution in [2.45, 2.75) is 44.4 Å². The van der Waals surface area contributed by atoms with E-state index in [1.54, 1.807) is 27.7 Å². The van der Waals surface area contributed by atoms with Crippen LogP contribution in [0.2, 0.25) is 0 Å². The molecule has 0 fully saturated rings. The Bertz CT molecular complexity index is 488. The molecule has 1 rings (SSSR count). The van der Waals surface area contributed by atoms with Gasteiger partial charge in [-0.15, -0.1) is 11.6 Å². The molecule has 0 spiro atoms. The molecule has 1 N–H and O–H groups in total. The fourth-order valence-corrected chi connectivity index (χ4v) is 2.44. The number of hydrogen-bond acceptors (Lipinski definition) is 1. The summed E-state index contributed by atoms with van der Waals surface area (Å²) in [7, 11) is -1.36. The Morgan fingerprint density at radius 1 is 1.32 bits per heavy atom. The summed E-state index contributed by atoms with van der Waals surface area (Å²) >= 11 is 5.51. The molecule has 0 aliphatic rings. The molecule has 0 saturated carbocycles. The molecule has 0 aliphatic heterocycles. The van der Waals surface area contributed by atoms with Crippen LogP contribution in [0.1, 0.15) is 44.9 Å². The number of nitrogens with one attached hydrogen (secondary N) is 1. The summed E-state index contributed by atoms with van der Waals surface area (Å²) < 4.78 is 41.7. The van der Waals surface area contributed by atoms with Crippen molar-refractivity contribution in [2.24, 2.45) is 0 Å². The maximum absolute atomic E-state index is 13.9. The maximum atomic E-state index is 13.9. The standard InChI is InChI=1S/C13H18ClF2NOS/c1-8(17-19(18)13(2,3)4)10-6-11(15)9(7-14)5-12(10)16/h5-6,8,17H,7H2,1-4H3/t8-,19+/m1/s1. The third-order valence-corrected chi connectivity index (χ3v) is 4.58. The highest BCUT2D eigenvalue weighted by Crippen LogP contribution is 2.23. The minimum Gasteiger partial charge on any atom is -0.242 e. The number of alkyl halides is 1. The van der Waals surface area contributed by atoms with Crippen LogP contribution >= 0.6 is 11.6 Å². The van der Waals surface area contributed by atoms with Crippen molar-refractivity contribution in [2.75, 3.05) is 0 Å². The molecule has 0 amide bonds. The van der Waals surface area contributed by atoms with Crippen molar-refractivity contribution in [1.29, 1.82) is 0 Å². The van der Waals surface area contributed by atoms with E-state index in [9.17, 15) is 13.0 Å². The Morgan fingerprint density at radius 3 is 2.37 bits per heavy atom. The minimum atomic E-state index is -1.36. The summed E-state index contributed by atoms with van der Waals surface area (Å²) in [5.41, 5.74) is 0.260. The van der Waals surface area contributed by atoms with Crippen LogP contribution in [0.3, 0.4) is 0 Å². The van der Waals surface area contributed by atoms with Gasteiger partial charge in [-0.25, -0.2) is 17.7 Å². The lowest BCUT2D eigenvalue weighted by atomic mass is 10.1. The van der Waals surface area contributed by atoms with Crippen molar-refractivity contribution < 1.29 is 13.0 Å². The molecular weight excluding hydrogens is 292 g/mol. The third-order valence-electron chi connectivity index (χ3n) is 2.62. The van der Waals surface area contributed by atoms with Crippen LogP contribution in [0, 0.1) is 11.6 Å². The van der Waals surface area contributed by atoms with Crippen LogP contribution in [-0.2, 0) is 16.9 Å². The predicted octanol–water partition coefficient (Wildman–Crippen LogP) is 3.82. The zero-order valence-electron chi connectivity index (χ0n) is 11.4. The summed E-state index contributed by atoms with van der Waals surface area (Å²) in [6.07, 6.45) is 0. The highest BCUT2D eigenvalue weighted by atomic mass is 35.5. The summed E-state index contributed by atoms with van der Waals surface area (Å²) in [6, 6.07) is 1.62. The van der Waals surface area contributed by atoms with Crippen LogP contribution in [-0.4, -0.2) is 8.96 Å². The van der Waals surface area contributed by atoms with E-state index in [1.165, 1.54) is 0 Å². The molecule has 0 unspecified atom stereocenters. The number of halogens is 3. The Kier molecular flexibility index (Phi) is 5.47. The Balaban J connectivity index is 2.98. The van der Waals surface area contributed by atoms with Gasteiger partial charge in [0.1, 0.15) is 11.6 Å². The quantitative estimate of drug-likeness (QED) is 0.842. The molecule has 2 nitrogen and oxygen atoms in total. The second-order valence-corrected chi connectivity index (χ2v) is 7.58. The first kappa shape index (κ1) is 16.5. The molecule has 0 bridgehead atoms. The predicted molar refractivity (Wildman–Crippen MR) is 75.4 cm³/mol. The summed E-state index contributed by atoms with van der Waals surface area (Å²) in [5.74, 6) is -1.19. The van der Waals surface area contributed by atoms with Gasteiger partial charge in [-0.1, -0.05) is 0 Å². The van der Waals surface area contributed by atoms with Gasteiger partial charge in [-0.2, -0.15) is 0 Å². The van der Waals surface area contributed by atoms with Gasteiger partial charge in [-0.3, -0.25) is 0 Å². The second kappa shape index (κ2) is 6.29. The Labute approximate surface area is 120 Å². The molecule has 108 valence electrons. The summed E-state index contributed by atoms with van der Waals surface area (Å²) in [6.45, 7) is 7.05. The van der Waals surface area contributed by atoms with Crippen molar-refractivity contribution in [3.8, 4) is 0 Å². The van der Waals surface area contributed by atoms with Crippen molar-refractivity contribution >= 4 is 22.6 Å². The molecule has 6 heteroatoms. The van der Waals surface area contributed by atoms with E-state index < -0.39 is 33.4 Å². The first-order valence-corrected chi connectivity index (χ1v) is 7.57. The van der Waals surface area contributed by atoms with Gasteiger partial charge < -0.3 is 0 Å². The van der Waals surface area contributed by atoms with Gasteiger partial charge in [0, 0.05) is 17.2 Å². The van der Waals surface area contributed by atoms with Crippen LogP contribution in [0.4, 0.5) is 8.78 Å². The Hall–Kier alpha value is -0.520. The van der Waals surface area contributed by atoms with E-state index in [0.717, 1.165) is 12.1 Å². The molecule has 1 aromatic carbocycles. The lowest BCUT2D eigenvalue weighted by Gasteiger charge is -2.22. The minimum absolute atomic E-state index is 0.0846. The van der Waals surface area contributed by atoms with Gasteiger partial charge in [0.15, 0.2) is 0 Å². The summed E-state index contributed by atoms with van der Waals surface area (Å²) in [5, 5.41) is 0. The second-order valence-electron chi connectivity index (χ2n) is 5.32. The first-order chi connectivity index (χ1) is 8.66. The van der Waals surface area contributed by atoms with Crippen LogP contribution < -0.4 is 4.72 Å². The van der Waals surface area contributed by atoms with Crippen molar-refractivity contribution in [3.05, 3.63) is 34.9 Å². The number of benzene rings is 1. The van der Waals surface area contributed by atoms with Gasteiger partial charge in [0.2, 0.25) is 0 Å². The summed E-state index contributed by atoms with van der Waals surface area (Å²) in [4.78, 5) is 0. The van der Waals surface area contributed by atoms with Crippen LogP contribution in [0.15, 0.2) is 12.1 Å². The fraction of sp³-hybridized carbons (Fsp3) is 0.538. The fourth-order valence-electron chi connectivity index (χ4n) is 1.44. The molecule has 0 heterocycles. The van der Waals surface area contributed by atoms with Crippen molar-refractivity contribution in [1.82, 2.24) is 4.72 Å². The topological polar surface area (TPSA) is 29.1 Å². The molecule has 19 heavy (non-hydrogen) atoms. The van der Waals surface area contributed by atoms with Gasteiger partial charge in [0.25, 0.3) is 0 Å². The zero-order chi connectivity index (χ0) is 14.8. The molecule has 1 aromatic rings. The molecule has 0 aliphatic carbocycles. The lowest BCUT2D eigenvalue weighted by Crippen LogP contribution is -2.35. The molecule has 0 saturated heterocycles. The van der Waals surface area contributed by atoms with E-state index in [0.29, 0.717) is 0 Å². The molecular formula is C13H18ClF2NOS. The smallest absolute Gasteiger partial charge is 0.128 e. The normalized spacial score (nSPS) is 15.3. The van der Waals surface area contributed by atoms with E-state index in [4.69, 9.17) is 11.6 Å². The van der Waals surface area contributed by atoms with Crippen LogP contribution in [0.25, 0.3) is 0 Å². The van der Waals surface area contributed by atoms with E-state index in [2.05, 4.69) is 4.72 Å². The van der Waals surface area contributed by atoms with Crippen molar-refractivity contribution in [3.63, 3.8) is 0 Å². The first-order valence-electron chi connectivity index (χ1n) is 5.88. The van der Waals surface area contributed by atoms with E-state index in [1.807, 2.05) is 0 Å². The monoisotopic (exact) mass is 309 g/mol. The SMILES string of the molecule is C[C@@H](N[S@@](=O)C(C)(C)C)c1cc(F)c(CCl)cc1F. The number of rotatable bonds is 4. The third kappa shape index (κ3) is 4.23. The van der Waals surface area contributed by atoms with Crippen LogP contribution in [0.5, 0.6) is 0 Å². The van der Waals surface area contributed by atoms with Gasteiger partial charge in [-0.05, 0) is 39.8 Å². The van der Waals surface area contributed by atoms with Gasteiger partial charge in [0.05, 0.1) is 21.6 Å². The average molecular weight is 310 g/mol. The molecule has 0 radical (unpaired) electrons.